The number of esters is 1. The number of carbonyl (C=O) groups excluding carboxylic acids is 4. The molecule has 0 aliphatic carbocycles. The predicted molar refractivity (Wildman–Crippen MR) is 88.1 cm³/mol. The summed E-state index contributed by atoms with van der Waals surface area (Å²) in [6.45, 7) is -0.474. The molecule has 0 saturated heterocycles. The molecule has 2 heterocycles. The van der Waals surface area contributed by atoms with Crippen molar-refractivity contribution in [3.8, 4) is 0 Å². The van der Waals surface area contributed by atoms with E-state index in [-0.39, 0.29) is 24.3 Å². The monoisotopic (exact) mass is 365 g/mol. The van der Waals surface area contributed by atoms with Crippen molar-refractivity contribution >= 4 is 40.0 Å². The minimum absolute atomic E-state index is 0.0384. The molecule has 0 spiro atoms. The number of ether oxygens (including phenoxy) is 1. The Morgan fingerprint density at radius 1 is 1.24 bits per heavy atom. The van der Waals surface area contributed by atoms with Gasteiger partial charge in [0.1, 0.15) is 5.00 Å². The molecule has 0 radical (unpaired) electrons. The van der Waals surface area contributed by atoms with Gasteiger partial charge >= 0.3 is 5.97 Å². The maximum absolute atomic E-state index is 11.7. The molecule has 2 aromatic heterocycles. The predicted octanol–water partition coefficient (Wildman–Crippen LogP) is 0.742. The van der Waals surface area contributed by atoms with Gasteiger partial charge in [0.25, 0.3) is 17.7 Å². The first-order chi connectivity index (χ1) is 12.0. The molecule has 10 heteroatoms. The summed E-state index contributed by atoms with van der Waals surface area (Å²) in [7, 11) is 0. The van der Waals surface area contributed by atoms with Crippen molar-refractivity contribution in [3.05, 3.63) is 41.2 Å². The molecule has 0 bridgehead atoms. The van der Waals surface area contributed by atoms with Crippen molar-refractivity contribution in [1.82, 2.24) is 5.32 Å². The molecule has 0 aliphatic rings. The Hall–Kier alpha value is -3.14. The van der Waals surface area contributed by atoms with Gasteiger partial charge in [-0.05, 0) is 23.6 Å². The van der Waals surface area contributed by atoms with Crippen LogP contribution in [0.2, 0.25) is 0 Å². The van der Waals surface area contributed by atoms with Crippen molar-refractivity contribution < 1.29 is 28.3 Å². The lowest BCUT2D eigenvalue weighted by atomic mass is 10.3. The summed E-state index contributed by atoms with van der Waals surface area (Å²) in [5.41, 5.74) is 5.35. The van der Waals surface area contributed by atoms with Gasteiger partial charge in [-0.2, -0.15) is 0 Å². The lowest BCUT2D eigenvalue weighted by molar-refractivity contribution is -0.147. The van der Waals surface area contributed by atoms with E-state index in [9.17, 15) is 19.2 Å². The number of primary amides is 1. The van der Waals surface area contributed by atoms with Crippen LogP contribution in [0.1, 0.15) is 27.3 Å². The smallest absolute Gasteiger partial charge is 0.308 e. The van der Waals surface area contributed by atoms with Crippen LogP contribution in [0.4, 0.5) is 5.00 Å². The minimum atomic E-state index is -0.666. The van der Waals surface area contributed by atoms with Crippen molar-refractivity contribution in [2.45, 2.75) is 6.42 Å². The summed E-state index contributed by atoms with van der Waals surface area (Å²) in [5, 5.41) is 6.81. The van der Waals surface area contributed by atoms with Crippen LogP contribution in [0.15, 0.2) is 34.3 Å². The van der Waals surface area contributed by atoms with Crippen LogP contribution in [0.3, 0.4) is 0 Å². The second-order valence-corrected chi connectivity index (χ2v) is 5.64. The number of hydrogen-bond donors (Lipinski definition) is 3. The van der Waals surface area contributed by atoms with Gasteiger partial charge in [-0.3, -0.25) is 19.2 Å². The highest BCUT2D eigenvalue weighted by molar-refractivity contribution is 7.14. The Morgan fingerprint density at radius 3 is 2.72 bits per heavy atom. The molecule has 3 amide bonds. The molecule has 0 atom stereocenters. The van der Waals surface area contributed by atoms with E-state index in [4.69, 9.17) is 14.9 Å². The van der Waals surface area contributed by atoms with E-state index in [0.717, 1.165) is 11.3 Å². The van der Waals surface area contributed by atoms with Gasteiger partial charge in [-0.15, -0.1) is 11.3 Å². The third kappa shape index (κ3) is 5.46. The number of anilines is 1. The first-order valence-electron chi connectivity index (χ1n) is 7.12. The summed E-state index contributed by atoms with van der Waals surface area (Å²) < 4.78 is 9.68. The number of hydrogen-bond acceptors (Lipinski definition) is 7. The second-order valence-electron chi connectivity index (χ2n) is 4.72. The van der Waals surface area contributed by atoms with Crippen molar-refractivity contribution in [2.24, 2.45) is 5.73 Å². The van der Waals surface area contributed by atoms with Crippen LogP contribution in [0, 0.1) is 0 Å². The van der Waals surface area contributed by atoms with E-state index in [1.165, 1.54) is 18.4 Å². The number of furan rings is 1. The Kier molecular flexibility index (Phi) is 6.29. The van der Waals surface area contributed by atoms with Gasteiger partial charge in [-0.1, -0.05) is 0 Å². The molecule has 132 valence electrons. The summed E-state index contributed by atoms with van der Waals surface area (Å²) in [6.07, 6.45) is 1.25. The summed E-state index contributed by atoms with van der Waals surface area (Å²) in [4.78, 5) is 46.0. The second kappa shape index (κ2) is 8.64. The third-order valence-corrected chi connectivity index (χ3v) is 3.74. The summed E-state index contributed by atoms with van der Waals surface area (Å²) in [6, 6.07) is 4.54. The fourth-order valence-electron chi connectivity index (χ4n) is 1.75. The molecule has 4 N–H and O–H groups in total. The van der Waals surface area contributed by atoms with E-state index in [0.29, 0.717) is 5.00 Å². The summed E-state index contributed by atoms with van der Waals surface area (Å²) >= 11 is 1.13. The topological polar surface area (TPSA) is 141 Å². The highest BCUT2D eigenvalue weighted by Gasteiger charge is 2.14. The zero-order chi connectivity index (χ0) is 18.2. The van der Waals surface area contributed by atoms with E-state index in [1.54, 1.807) is 11.4 Å². The van der Waals surface area contributed by atoms with Crippen LogP contribution in [-0.4, -0.2) is 36.8 Å². The minimum Gasteiger partial charge on any atom is -0.459 e. The molecule has 9 nitrogen and oxygen atoms in total. The molecule has 0 aromatic carbocycles. The summed E-state index contributed by atoms with van der Waals surface area (Å²) in [5.74, 6) is -2.24. The molecule has 0 unspecified atom stereocenters. The van der Waals surface area contributed by atoms with E-state index >= 15 is 0 Å². The molecule has 0 fully saturated rings. The van der Waals surface area contributed by atoms with Crippen LogP contribution < -0.4 is 16.4 Å². The van der Waals surface area contributed by atoms with Gasteiger partial charge in [0.2, 0.25) is 0 Å². The van der Waals surface area contributed by atoms with Crippen molar-refractivity contribution in [1.29, 1.82) is 0 Å². The number of thiophene rings is 1. The van der Waals surface area contributed by atoms with Crippen LogP contribution in [-0.2, 0) is 14.3 Å². The van der Waals surface area contributed by atoms with Gasteiger partial charge in [0.05, 0.1) is 18.2 Å². The molecular weight excluding hydrogens is 350 g/mol. The van der Waals surface area contributed by atoms with Gasteiger partial charge in [-0.25, -0.2) is 0 Å². The fraction of sp³-hybridized carbons (Fsp3) is 0.200. The van der Waals surface area contributed by atoms with Crippen LogP contribution in [0.25, 0.3) is 0 Å². The highest BCUT2D eigenvalue weighted by Crippen LogP contribution is 2.22. The lowest BCUT2D eigenvalue weighted by Gasteiger charge is -2.06. The van der Waals surface area contributed by atoms with Crippen LogP contribution >= 0.6 is 11.3 Å². The molecule has 2 aromatic rings. The highest BCUT2D eigenvalue weighted by atomic mass is 32.1. The third-order valence-electron chi connectivity index (χ3n) is 2.91. The lowest BCUT2D eigenvalue weighted by Crippen LogP contribution is -2.27. The van der Waals surface area contributed by atoms with Gasteiger partial charge in [0.15, 0.2) is 12.4 Å². The Bertz CT molecular complexity index is 768. The maximum atomic E-state index is 11.7. The van der Waals surface area contributed by atoms with E-state index in [2.05, 4.69) is 10.6 Å². The number of nitrogens with one attached hydrogen (secondary N) is 2. The Morgan fingerprint density at radius 2 is 2.04 bits per heavy atom. The van der Waals surface area contributed by atoms with Crippen molar-refractivity contribution in [2.75, 3.05) is 18.5 Å². The first-order valence-corrected chi connectivity index (χ1v) is 8.00. The Balaban J connectivity index is 1.67. The standard InChI is InChI=1S/C15H15N3O6S/c16-13(21)9-4-7-25-15(9)18-11(19)8-24-12(20)3-5-17-14(22)10-2-1-6-23-10/h1-2,4,6-7H,3,5,8H2,(H2,16,21)(H,17,22)(H,18,19). The van der Waals surface area contributed by atoms with Gasteiger partial charge in [0, 0.05) is 6.54 Å². The maximum Gasteiger partial charge on any atom is 0.308 e. The van der Waals surface area contributed by atoms with Gasteiger partial charge < -0.3 is 25.5 Å². The number of nitrogens with two attached hydrogens (primary N) is 1. The molecule has 0 saturated carbocycles. The largest absolute Gasteiger partial charge is 0.459 e. The molecular formula is C15H15N3O6S. The normalized spacial score (nSPS) is 10.1. The van der Waals surface area contributed by atoms with Crippen molar-refractivity contribution in [3.63, 3.8) is 0 Å². The quantitative estimate of drug-likeness (QED) is 0.589. The first kappa shape index (κ1) is 18.2. The van der Waals surface area contributed by atoms with E-state index < -0.39 is 30.3 Å². The zero-order valence-corrected chi connectivity index (χ0v) is 13.8. The number of rotatable bonds is 8. The number of amides is 3. The average Bonchev–Trinajstić information content (AvgIpc) is 3.24. The molecule has 25 heavy (non-hydrogen) atoms. The number of carbonyl (C=O) groups is 4. The average molecular weight is 365 g/mol. The molecule has 2 rings (SSSR count). The molecule has 0 aliphatic heterocycles. The Labute approximate surface area is 146 Å². The van der Waals surface area contributed by atoms with E-state index in [1.807, 2.05) is 0 Å². The fourth-order valence-corrected chi connectivity index (χ4v) is 2.56. The SMILES string of the molecule is NC(=O)c1ccsc1NC(=O)COC(=O)CCNC(=O)c1ccco1. The van der Waals surface area contributed by atoms with Crippen LogP contribution in [0.5, 0.6) is 0 Å². The zero-order valence-electron chi connectivity index (χ0n) is 12.9.